The van der Waals surface area contributed by atoms with Crippen LogP contribution in [0.15, 0.2) is 48.5 Å². The lowest BCUT2D eigenvalue weighted by atomic mass is 9.98. The Bertz CT molecular complexity index is 738. The van der Waals surface area contributed by atoms with Crippen LogP contribution in [-0.2, 0) is 13.0 Å². The molecule has 0 radical (unpaired) electrons. The summed E-state index contributed by atoms with van der Waals surface area (Å²) in [5.41, 5.74) is 4.94. The number of fused-ring (bicyclic) bond motifs is 1. The second kappa shape index (κ2) is 6.40. The van der Waals surface area contributed by atoms with Gasteiger partial charge >= 0.3 is 0 Å². The largest absolute Gasteiger partial charge is 0.337 e. The zero-order valence-corrected chi connectivity index (χ0v) is 14.2. The first-order chi connectivity index (χ1) is 11.7. The summed E-state index contributed by atoms with van der Waals surface area (Å²) in [6.45, 7) is 5.90. The van der Waals surface area contributed by atoms with Gasteiger partial charge in [-0.05, 0) is 43.0 Å². The fraction of sp³-hybridized carbons (Fsp3) is 0.381. The van der Waals surface area contributed by atoms with E-state index in [-0.39, 0.29) is 5.91 Å². The van der Waals surface area contributed by atoms with Gasteiger partial charge in [-0.15, -0.1) is 0 Å². The van der Waals surface area contributed by atoms with E-state index in [1.165, 1.54) is 16.7 Å². The molecule has 1 amide bonds. The molecule has 0 unspecified atom stereocenters. The molecule has 3 nitrogen and oxygen atoms in total. The summed E-state index contributed by atoms with van der Waals surface area (Å²) in [4.78, 5) is 17.3. The number of aryl methyl sites for hydroxylation is 1. The summed E-state index contributed by atoms with van der Waals surface area (Å²) in [5, 5.41) is 0. The molecule has 0 saturated carbocycles. The van der Waals surface area contributed by atoms with E-state index in [1.807, 2.05) is 36.1 Å². The van der Waals surface area contributed by atoms with Crippen molar-refractivity contribution < 1.29 is 4.79 Å². The van der Waals surface area contributed by atoms with E-state index >= 15 is 0 Å². The minimum absolute atomic E-state index is 0.176. The van der Waals surface area contributed by atoms with Crippen LogP contribution < -0.4 is 0 Å². The van der Waals surface area contributed by atoms with Crippen molar-refractivity contribution in [2.24, 2.45) is 0 Å². The van der Waals surface area contributed by atoms with Crippen molar-refractivity contribution in [3.05, 3.63) is 70.8 Å². The third kappa shape index (κ3) is 2.96. The third-order valence-corrected chi connectivity index (χ3v) is 5.43. The van der Waals surface area contributed by atoms with Gasteiger partial charge in [-0.3, -0.25) is 9.69 Å². The summed E-state index contributed by atoms with van der Waals surface area (Å²) in [7, 11) is 0. The van der Waals surface area contributed by atoms with E-state index in [9.17, 15) is 4.79 Å². The van der Waals surface area contributed by atoms with Crippen LogP contribution in [0.1, 0.15) is 33.5 Å². The van der Waals surface area contributed by atoms with Gasteiger partial charge in [-0.25, -0.2) is 0 Å². The normalized spacial score (nSPS) is 20.9. The molecular weight excluding hydrogens is 296 g/mol. The highest BCUT2D eigenvalue weighted by molar-refractivity contribution is 5.94. The van der Waals surface area contributed by atoms with Gasteiger partial charge in [0.05, 0.1) is 0 Å². The number of carbonyl (C=O) groups is 1. The van der Waals surface area contributed by atoms with Gasteiger partial charge in [0, 0.05) is 37.8 Å². The Balaban J connectivity index is 1.42. The van der Waals surface area contributed by atoms with Crippen LogP contribution in [0.2, 0.25) is 0 Å². The topological polar surface area (TPSA) is 23.6 Å². The van der Waals surface area contributed by atoms with Crippen molar-refractivity contribution in [1.82, 2.24) is 9.80 Å². The van der Waals surface area contributed by atoms with E-state index in [2.05, 4.69) is 29.2 Å². The molecule has 3 heteroatoms. The van der Waals surface area contributed by atoms with Crippen molar-refractivity contribution in [2.75, 3.05) is 19.6 Å². The maximum Gasteiger partial charge on any atom is 0.253 e. The summed E-state index contributed by atoms with van der Waals surface area (Å²) in [6, 6.07) is 17.2. The lowest BCUT2D eigenvalue weighted by Crippen LogP contribution is -2.41. The van der Waals surface area contributed by atoms with E-state index in [4.69, 9.17) is 0 Å². The van der Waals surface area contributed by atoms with Crippen LogP contribution >= 0.6 is 0 Å². The number of hydrogen-bond donors (Lipinski definition) is 0. The van der Waals surface area contributed by atoms with Crippen molar-refractivity contribution in [3.63, 3.8) is 0 Å². The summed E-state index contributed by atoms with van der Waals surface area (Å²) >= 11 is 0. The fourth-order valence-electron chi connectivity index (χ4n) is 3.93. The van der Waals surface area contributed by atoms with Gasteiger partial charge in [0.2, 0.25) is 0 Å². The number of nitrogens with zero attached hydrogens (tertiary/aromatic N) is 2. The second-order valence-corrected chi connectivity index (χ2v) is 7.05. The van der Waals surface area contributed by atoms with Crippen molar-refractivity contribution >= 4 is 5.91 Å². The number of benzene rings is 2. The first-order valence-corrected chi connectivity index (χ1v) is 8.87. The predicted molar refractivity (Wildman–Crippen MR) is 96.0 cm³/mol. The first-order valence-electron chi connectivity index (χ1n) is 8.87. The molecule has 2 aliphatic rings. The zero-order valence-electron chi connectivity index (χ0n) is 14.2. The first kappa shape index (κ1) is 15.4. The molecule has 0 N–H and O–H groups in total. The summed E-state index contributed by atoms with van der Waals surface area (Å²) < 4.78 is 0. The molecule has 24 heavy (non-hydrogen) atoms. The molecule has 124 valence electrons. The Hall–Kier alpha value is -2.13. The second-order valence-electron chi connectivity index (χ2n) is 7.05. The predicted octanol–water partition coefficient (Wildman–Crippen LogP) is 3.27. The molecule has 0 bridgehead atoms. The smallest absolute Gasteiger partial charge is 0.253 e. The van der Waals surface area contributed by atoms with Crippen LogP contribution in [0.25, 0.3) is 0 Å². The van der Waals surface area contributed by atoms with Crippen LogP contribution in [-0.4, -0.2) is 41.4 Å². The molecule has 2 heterocycles. The molecule has 2 aromatic rings. The van der Waals surface area contributed by atoms with Crippen LogP contribution in [0.4, 0.5) is 0 Å². The lowest BCUT2D eigenvalue weighted by Gasteiger charge is -2.33. The number of carbonyl (C=O) groups excluding carboxylic acids is 1. The maximum atomic E-state index is 12.7. The van der Waals surface area contributed by atoms with E-state index in [1.54, 1.807) is 0 Å². The Morgan fingerprint density at radius 1 is 1.00 bits per heavy atom. The standard InChI is InChI=1S/C21H24N2O/c1-16-6-8-18(9-7-16)21(24)23-13-11-20(15-23)22-12-10-17-4-2-3-5-19(17)14-22/h2-9,20H,10-15H2,1H3/t20-/m1/s1. The quantitative estimate of drug-likeness (QED) is 0.848. The average Bonchev–Trinajstić information content (AvgIpc) is 3.11. The third-order valence-electron chi connectivity index (χ3n) is 5.43. The Morgan fingerprint density at radius 2 is 1.75 bits per heavy atom. The Morgan fingerprint density at radius 3 is 2.54 bits per heavy atom. The van der Waals surface area contributed by atoms with Gasteiger partial charge < -0.3 is 4.90 Å². The number of rotatable bonds is 2. The molecule has 4 rings (SSSR count). The minimum atomic E-state index is 0.176. The van der Waals surface area contributed by atoms with Crippen molar-refractivity contribution in [3.8, 4) is 0 Å². The molecular formula is C21H24N2O. The molecule has 0 aliphatic carbocycles. The van der Waals surface area contributed by atoms with Crippen LogP contribution in [0.3, 0.4) is 0 Å². The number of amides is 1. The minimum Gasteiger partial charge on any atom is -0.337 e. The molecule has 1 fully saturated rings. The number of hydrogen-bond acceptors (Lipinski definition) is 2. The van der Waals surface area contributed by atoms with Crippen molar-refractivity contribution in [1.29, 1.82) is 0 Å². The van der Waals surface area contributed by atoms with Crippen LogP contribution in [0.5, 0.6) is 0 Å². The molecule has 2 aliphatic heterocycles. The highest BCUT2D eigenvalue weighted by Crippen LogP contribution is 2.25. The highest BCUT2D eigenvalue weighted by atomic mass is 16.2. The fourth-order valence-corrected chi connectivity index (χ4v) is 3.93. The van der Waals surface area contributed by atoms with E-state index in [0.717, 1.165) is 44.6 Å². The van der Waals surface area contributed by atoms with Gasteiger partial charge in [-0.2, -0.15) is 0 Å². The molecule has 1 atom stereocenters. The monoisotopic (exact) mass is 320 g/mol. The van der Waals surface area contributed by atoms with Crippen LogP contribution in [0, 0.1) is 6.92 Å². The lowest BCUT2D eigenvalue weighted by molar-refractivity contribution is 0.0773. The van der Waals surface area contributed by atoms with Gasteiger partial charge in [0.15, 0.2) is 0 Å². The molecule has 0 spiro atoms. The molecule has 2 aromatic carbocycles. The molecule has 1 saturated heterocycles. The van der Waals surface area contributed by atoms with E-state index < -0.39 is 0 Å². The van der Waals surface area contributed by atoms with Gasteiger partial charge in [-0.1, -0.05) is 42.0 Å². The van der Waals surface area contributed by atoms with E-state index in [0.29, 0.717) is 6.04 Å². The van der Waals surface area contributed by atoms with Gasteiger partial charge in [0.1, 0.15) is 0 Å². The summed E-state index contributed by atoms with van der Waals surface area (Å²) in [5.74, 6) is 0.176. The highest BCUT2D eigenvalue weighted by Gasteiger charge is 2.32. The average molecular weight is 320 g/mol. The Kier molecular flexibility index (Phi) is 4.11. The SMILES string of the molecule is Cc1ccc(C(=O)N2CC[C@@H](N3CCc4ccccc4C3)C2)cc1. The zero-order chi connectivity index (χ0) is 16.5. The summed E-state index contributed by atoms with van der Waals surface area (Å²) in [6.07, 6.45) is 2.21. The van der Waals surface area contributed by atoms with Gasteiger partial charge in [0.25, 0.3) is 5.91 Å². The number of likely N-dealkylation sites (tertiary alicyclic amines) is 1. The molecule has 0 aromatic heterocycles. The Labute approximate surface area is 143 Å². The maximum absolute atomic E-state index is 12.7. The van der Waals surface area contributed by atoms with Crippen molar-refractivity contribution in [2.45, 2.75) is 32.4 Å².